The molecule has 0 saturated carbocycles. The van der Waals surface area contributed by atoms with Gasteiger partial charge in [-0.15, -0.1) is 0 Å². The van der Waals surface area contributed by atoms with Crippen LogP contribution in [0.2, 0.25) is 0 Å². The van der Waals surface area contributed by atoms with Gasteiger partial charge in [0.2, 0.25) is 6.10 Å². The first kappa shape index (κ1) is 18.6. The molecular weight excluding hydrogens is 373 g/mol. The van der Waals surface area contributed by atoms with Crippen molar-refractivity contribution >= 4 is 17.6 Å². The quantitative estimate of drug-likeness (QED) is 0.503. The number of ether oxygens (including phenoxy) is 1. The molecule has 3 aromatic carbocycles. The highest BCUT2D eigenvalue weighted by molar-refractivity contribution is 6.12. The fourth-order valence-corrected chi connectivity index (χ4v) is 3.17. The van der Waals surface area contributed by atoms with E-state index in [9.17, 15) is 18.8 Å². The van der Waals surface area contributed by atoms with Gasteiger partial charge in [-0.05, 0) is 36.4 Å². The number of benzene rings is 3. The molecule has 3 aromatic rings. The SMILES string of the molecule is O=C(CN1C(=O)c2ccccc2O[C@@H](c2ccccc2)C1=O)c1ccc(F)cc1. The predicted molar refractivity (Wildman–Crippen MR) is 103 cm³/mol. The number of nitrogens with zero attached hydrogens (tertiary/aromatic N) is 1. The van der Waals surface area contributed by atoms with Crippen LogP contribution in [0.15, 0.2) is 78.9 Å². The molecular formula is C23H16FNO4. The summed E-state index contributed by atoms with van der Waals surface area (Å²) in [6.45, 7) is -0.468. The molecule has 144 valence electrons. The number of amides is 2. The van der Waals surface area contributed by atoms with E-state index in [1.807, 2.05) is 0 Å². The van der Waals surface area contributed by atoms with Crippen molar-refractivity contribution in [2.45, 2.75) is 6.10 Å². The van der Waals surface area contributed by atoms with Crippen molar-refractivity contribution in [1.82, 2.24) is 4.90 Å². The lowest BCUT2D eigenvalue weighted by atomic mass is 10.1. The number of fused-ring (bicyclic) bond motifs is 1. The third-order valence-electron chi connectivity index (χ3n) is 4.67. The van der Waals surface area contributed by atoms with Crippen LogP contribution in [0.25, 0.3) is 0 Å². The number of para-hydroxylation sites is 1. The fourth-order valence-electron chi connectivity index (χ4n) is 3.17. The molecule has 2 amide bonds. The Balaban J connectivity index is 1.72. The van der Waals surface area contributed by atoms with E-state index in [4.69, 9.17) is 4.74 Å². The van der Waals surface area contributed by atoms with Gasteiger partial charge in [-0.3, -0.25) is 19.3 Å². The van der Waals surface area contributed by atoms with Crippen molar-refractivity contribution in [3.63, 3.8) is 0 Å². The van der Waals surface area contributed by atoms with E-state index < -0.39 is 36.1 Å². The topological polar surface area (TPSA) is 63.7 Å². The Morgan fingerprint density at radius 3 is 2.28 bits per heavy atom. The summed E-state index contributed by atoms with van der Waals surface area (Å²) in [4.78, 5) is 39.8. The molecule has 0 saturated heterocycles. The number of rotatable bonds is 4. The van der Waals surface area contributed by atoms with Crippen LogP contribution in [0.4, 0.5) is 4.39 Å². The molecule has 0 fully saturated rings. The molecule has 0 aliphatic carbocycles. The minimum atomic E-state index is -1.06. The van der Waals surface area contributed by atoms with Gasteiger partial charge >= 0.3 is 0 Å². The highest BCUT2D eigenvalue weighted by atomic mass is 19.1. The summed E-state index contributed by atoms with van der Waals surface area (Å²) in [5, 5.41) is 0. The van der Waals surface area contributed by atoms with Crippen LogP contribution < -0.4 is 4.74 Å². The van der Waals surface area contributed by atoms with E-state index in [0.29, 0.717) is 5.56 Å². The summed E-state index contributed by atoms with van der Waals surface area (Å²) in [5.74, 6) is -1.92. The highest BCUT2D eigenvalue weighted by Crippen LogP contribution is 2.32. The average molecular weight is 389 g/mol. The summed E-state index contributed by atoms with van der Waals surface area (Å²) < 4.78 is 19.0. The second-order valence-corrected chi connectivity index (χ2v) is 6.56. The van der Waals surface area contributed by atoms with E-state index in [-0.39, 0.29) is 16.9 Å². The molecule has 1 heterocycles. The molecule has 4 rings (SSSR count). The number of imide groups is 1. The minimum absolute atomic E-state index is 0.200. The first-order valence-electron chi connectivity index (χ1n) is 8.99. The number of hydrogen-bond acceptors (Lipinski definition) is 4. The lowest BCUT2D eigenvalue weighted by Gasteiger charge is -2.22. The van der Waals surface area contributed by atoms with Gasteiger partial charge in [-0.2, -0.15) is 0 Å². The van der Waals surface area contributed by atoms with Gasteiger partial charge in [0.05, 0.1) is 12.1 Å². The number of halogens is 1. The van der Waals surface area contributed by atoms with Crippen molar-refractivity contribution in [1.29, 1.82) is 0 Å². The Hall–Kier alpha value is -3.80. The molecule has 0 radical (unpaired) electrons. The largest absolute Gasteiger partial charge is 0.475 e. The summed E-state index contributed by atoms with van der Waals surface area (Å²) in [7, 11) is 0. The zero-order chi connectivity index (χ0) is 20.4. The Morgan fingerprint density at radius 1 is 0.897 bits per heavy atom. The molecule has 1 aliphatic rings. The maximum atomic E-state index is 13.2. The third-order valence-corrected chi connectivity index (χ3v) is 4.67. The van der Waals surface area contributed by atoms with E-state index in [1.54, 1.807) is 54.6 Å². The lowest BCUT2D eigenvalue weighted by molar-refractivity contribution is -0.135. The van der Waals surface area contributed by atoms with Gasteiger partial charge in [0.25, 0.3) is 11.8 Å². The normalized spacial score (nSPS) is 16.0. The second kappa shape index (κ2) is 7.67. The fraction of sp³-hybridized carbons (Fsp3) is 0.0870. The van der Waals surface area contributed by atoms with Gasteiger partial charge in [-0.1, -0.05) is 42.5 Å². The van der Waals surface area contributed by atoms with Crippen LogP contribution in [0.5, 0.6) is 5.75 Å². The molecule has 0 unspecified atom stereocenters. The summed E-state index contributed by atoms with van der Waals surface area (Å²) in [6, 6.07) is 20.3. The first-order valence-corrected chi connectivity index (χ1v) is 8.99. The number of hydrogen-bond donors (Lipinski definition) is 0. The number of ketones is 1. The van der Waals surface area contributed by atoms with Crippen molar-refractivity contribution in [2.24, 2.45) is 0 Å². The lowest BCUT2D eigenvalue weighted by Crippen LogP contribution is -2.42. The van der Waals surface area contributed by atoms with Crippen LogP contribution in [-0.4, -0.2) is 29.0 Å². The Kier molecular flexibility index (Phi) is 4.91. The van der Waals surface area contributed by atoms with E-state index >= 15 is 0 Å². The second-order valence-electron chi connectivity index (χ2n) is 6.56. The van der Waals surface area contributed by atoms with Crippen LogP contribution in [-0.2, 0) is 4.79 Å². The van der Waals surface area contributed by atoms with Crippen molar-refractivity contribution in [2.75, 3.05) is 6.54 Å². The van der Waals surface area contributed by atoms with Gasteiger partial charge in [0.1, 0.15) is 11.6 Å². The molecule has 0 N–H and O–H groups in total. The third kappa shape index (κ3) is 3.65. The maximum absolute atomic E-state index is 13.2. The number of Topliss-reactive ketones (excluding diaryl/α,β-unsaturated/α-hetero) is 1. The van der Waals surface area contributed by atoms with Crippen molar-refractivity contribution in [3.8, 4) is 5.75 Å². The van der Waals surface area contributed by atoms with Crippen LogP contribution >= 0.6 is 0 Å². The predicted octanol–water partition coefficient (Wildman–Crippen LogP) is 3.81. The number of carbonyl (C=O) groups is 3. The van der Waals surface area contributed by atoms with Crippen LogP contribution in [0, 0.1) is 5.82 Å². The molecule has 29 heavy (non-hydrogen) atoms. The zero-order valence-electron chi connectivity index (χ0n) is 15.2. The molecule has 1 aliphatic heterocycles. The number of carbonyl (C=O) groups excluding carboxylic acids is 3. The molecule has 6 heteroatoms. The zero-order valence-corrected chi connectivity index (χ0v) is 15.2. The maximum Gasteiger partial charge on any atom is 0.275 e. The summed E-state index contributed by atoms with van der Waals surface area (Å²) >= 11 is 0. The molecule has 0 aromatic heterocycles. The first-order chi connectivity index (χ1) is 14.0. The van der Waals surface area contributed by atoms with Crippen molar-refractivity contribution < 1.29 is 23.5 Å². The highest BCUT2D eigenvalue weighted by Gasteiger charge is 2.38. The molecule has 0 bridgehead atoms. The van der Waals surface area contributed by atoms with E-state index in [2.05, 4.69) is 0 Å². The average Bonchev–Trinajstić information content (AvgIpc) is 2.85. The van der Waals surface area contributed by atoms with Crippen LogP contribution in [0.1, 0.15) is 32.4 Å². The van der Waals surface area contributed by atoms with Gasteiger partial charge in [0, 0.05) is 11.1 Å². The van der Waals surface area contributed by atoms with Crippen molar-refractivity contribution in [3.05, 3.63) is 101 Å². The summed E-state index contributed by atoms with van der Waals surface area (Å²) in [5.41, 5.74) is 0.981. The minimum Gasteiger partial charge on any atom is -0.475 e. The van der Waals surface area contributed by atoms with Gasteiger partial charge < -0.3 is 4.74 Å². The Labute approximate surface area is 166 Å². The van der Waals surface area contributed by atoms with E-state index in [1.165, 1.54) is 12.1 Å². The summed E-state index contributed by atoms with van der Waals surface area (Å²) in [6.07, 6.45) is -1.06. The standard InChI is InChI=1S/C23H16FNO4/c24-17-12-10-15(11-13-17)19(26)14-25-22(27)18-8-4-5-9-20(18)29-21(23(25)28)16-6-2-1-3-7-16/h1-13,21H,14H2/t21-/m0/s1. The molecule has 0 spiro atoms. The Bertz CT molecular complexity index is 1080. The molecule has 5 nitrogen and oxygen atoms in total. The van der Waals surface area contributed by atoms with Crippen LogP contribution in [0.3, 0.4) is 0 Å². The smallest absolute Gasteiger partial charge is 0.275 e. The molecule has 1 atom stereocenters. The van der Waals surface area contributed by atoms with E-state index in [0.717, 1.165) is 17.0 Å². The monoisotopic (exact) mass is 389 g/mol. The van der Waals surface area contributed by atoms with Gasteiger partial charge in [0.15, 0.2) is 5.78 Å². The van der Waals surface area contributed by atoms with Gasteiger partial charge in [-0.25, -0.2) is 4.39 Å². The Morgan fingerprint density at radius 2 is 1.55 bits per heavy atom.